The highest BCUT2D eigenvalue weighted by molar-refractivity contribution is 5.89. The lowest BCUT2D eigenvalue weighted by Crippen LogP contribution is -2.08. The average molecular weight is 496 g/mol. The zero-order valence-corrected chi connectivity index (χ0v) is 21.7. The summed E-state index contributed by atoms with van der Waals surface area (Å²) in [6.45, 7) is 5.23. The van der Waals surface area contributed by atoms with Gasteiger partial charge in [0.15, 0.2) is 0 Å². The maximum Gasteiger partial charge on any atom is 0.338 e. The topological polar surface area (TPSA) is 74.8 Å². The molecule has 0 aliphatic heterocycles. The molecule has 0 fully saturated rings. The minimum atomic E-state index is -0.300. The first kappa shape index (κ1) is 23.6. The summed E-state index contributed by atoms with van der Waals surface area (Å²) < 4.78 is 9.34. The second kappa shape index (κ2) is 9.96. The van der Waals surface area contributed by atoms with Crippen molar-refractivity contribution in [1.29, 1.82) is 0 Å². The first-order chi connectivity index (χ1) is 18.2. The molecule has 190 valence electrons. The average Bonchev–Trinajstić information content (AvgIpc) is 3.53. The standard InChI is InChI=1S/C30H33N5O2/c1-3-34-26-14-7-5-10-22(26)28(32-34)24-12-9-13-25(31-24)29-23-11-6-8-15-27(23)35(33-29)21-18-16-20(17-19-21)30(36)37-4-2/h9,12-13,16-19H,3-8,10-11,14-15H2,1-2H3. The molecule has 0 bridgehead atoms. The van der Waals surface area contributed by atoms with E-state index in [0.717, 1.165) is 73.5 Å². The number of carbonyl (C=O) groups is 1. The van der Waals surface area contributed by atoms with Crippen LogP contribution in [-0.2, 0) is 37.0 Å². The van der Waals surface area contributed by atoms with Gasteiger partial charge in [-0.2, -0.15) is 10.2 Å². The summed E-state index contributed by atoms with van der Waals surface area (Å²) in [5, 5.41) is 10.1. The van der Waals surface area contributed by atoms with Crippen LogP contribution in [0.4, 0.5) is 0 Å². The highest BCUT2D eigenvalue weighted by Crippen LogP contribution is 2.35. The molecule has 0 amide bonds. The van der Waals surface area contributed by atoms with Gasteiger partial charge in [0.25, 0.3) is 0 Å². The first-order valence-corrected chi connectivity index (χ1v) is 13.6. The lowest BCUT2D eigenvalue weighted by molar-refractivity contribution is 0.0526. The predicted molar refractivity (Wildman–Crippen MR) is 143 cm³/mol. The van der Waals surface area contributed by atoms with Crippen molar-refractivity contribution < 1.29 is 9.53 Å². The number of aromatic nitrogens is 5. The summed E-state index contributed by atoms with van der Waals surface area (Å²) in [5.74, 6) is -0.300. The molecule has 0 radical (unpaired) electrons. The smallest absolute Gasteiger partial charge is 0.338 e. The van der Waals surface area contributed by atoms with Crippen molar-refractivity contribution in [3.8, 4) is 28.5 Å². The Morgan fingerprint density at radius 3 is 2.11 bits per heavy atom. The minimum Gasteiger partial charge on any atom is -0.462 e. The number of hydrogen-bond acceptors (Lipinski definition) is 5. The lowest BCUT2D eigenvalue weighted by atomic mass is 9.94. The number of esters is 1. The molecule has 4 aromatic rings. The van der Waals surface area contributed by atoms with Gasteiger partial charge in [0.05, 0.1) is 29.2 Å². The van der Waals surface area contributed by atoms with E-state index >= 15 is 0 Å². The van der Waals surface area contributed by atoms with E-state index in [1.165, 1.54) is 35.4 Å². The monoisotopic (exact) mass is 495 g/mol. The number of hydrogen-bond donors (Lipinski definition) is 0. The normalized spacial score (nSPS) is 14.8. The number of carbonyl (C=O) groups excluding carboxylic acids is 1. The summed E-state index contributed by atoms with van der Waals surface area (Å²) in [6.07, 6.45) is 8.89. The van der Waals surface area contributed by atoms with Crippen molar-refractivity contribution in [2.24, 2.45) is 0 Å². The zero-order valence-electron chi connectivity index (χ0n) is 21.7. The van der Waals surface area contributed by atoms with Gasteiger partial charge >= 0.3 is 5.97 Å². The van der Waals surface area contributed by atoms with Gasteiger partial charge in [0, 0.05) is 29.1 Å². The Hall–Kier alpha value is -3.74. The maximum atomic E-state index is 12.1. The fourth-order valence-electron chi connectivity index (χ4n) is 5.81. The van der Waals surface area contributed by atoms with Crippen LogP contribution in [0.2, 0.25) is 0 Å². The van der Waals surface area contributed by atoms with Crippen LogP contribution in [0, 0.1) is 0 Å². The summed E-state index contributed by atoms with van der Waals surface area (Å²) >= 11 is 0. The van der Waals surface area contributed by atoms with E-state index in [1.54, 1.807) is 0 Å². The van der Waals surface area contributed by atoms with E-state index in [1.807, 2.05) is 35.9 Å². The molecule has 37 heavy (non-hydrogen) atoms. The van der Waals surface area contributed by atoms with Gasteiger partial charge in [-0.25, -0.2) is 14.5 Å². The second-order valence-corrected chi connectivity index (χ2v) is 9.86. The third-order valence-corrected chi connectivity index (χ3v) is 7.59. The molecule has 0 saturated heterocycles. The molecule has 7 nitrogen and oxygen atoms in total. The number of aryl methyl sites for hydroxylation is 1. The minimum absolute atomic E-state index is 0.300. The Kier molecular flexibility index (Phi) is 6.37. The number of benzene rings is 1. The van der Waals surface area contributed by atoms with E-state index in [9.17, 15) is 4.79 Å². The molecule has 3 heterocycles. The SMILES string of the molecule is CCOC(=O)c1ccc(-n2nc(-c3cccc(-c4nn(CC)c5c4CCCC5)n3)c3c2CCCC3)cc1. The van der Waals surface area contributed by atoms with E-state index in [0.29, 0.717) is 12.2 Å². The van der Waals surface area contributed by atoms with Gasteiger partial charge in [-0.05, 0) is 102 Å². The molecule has 3 aromatic heterocycles. The van der Waals surface area contributed by atoms with Crippen molar-refractivity contribution in [3.05, 3.63) is 70.5 Å². The van der Waals surface area contributed by atoms with E-state index < -0.39 is 0 Å². The van der Waals surface area contributed by atoms with Crippen LogP contribution in [0.25, 0.3) is 28.5 Å². The van der Waals surface area contributed by atoms with Crippen LogP contribution in [0.1, 0.15) is 72.4 Å². The summed E-state index contributed by atoms with van der Waals surface area (Å²) in [5.41, 5.74) is 10.6. The molecule has 0 atom stereocenters. The molecule has 7 heteroatoms. The molecule has 0 unspecified atom stereocenters. The third kappa shape index (κ3) is 4.26. The lowest BCUT2D eigenvalue weighted by Gasteiger charge is -2.14. The highest BCUT2D eigenvalue weighted by atomic mass is 16.5. The van der Waals surface area contributed by atoms with Crippen LogP contribution in [0.5, 0.6) is 0 Å². The molecule has 1 aromatic carbocycles. The van der Waals surface area contributed by atoms with Crippen molar-refractivity contribution in [2.45, 2.75) is 71.8 Å². The Morgan fingerprint density at radius 1 is 0.811 bits per heavy atom. The van der Waals surface area contributed by atoms with Crippen LogP contribution >= 0.6 is 0 Å². The van der Waals surface area contributed by atoms with E-state index in [4.69, 9.17) is 19.9 Å². The van der Waals surface area contributed by atoms with Gasteiger partial charge in [0.2, 0.25) is 0 Å². The van der Waals surface area contributed by atoms with Crippen molar-refractivity contribution in [2.75, 3.05) is 6.61 Å². The fourth-order valence-corrected chi connectivity index (χ4v) is 5.81. The van der Waals surface area contributed by atoms with Crippen LogP contribution < -0.4 is 0 Å². The number of nitrogens with zero attached hydrogens (tertiary/aromatic N) is 5. The summed E-state index contributed by atoms with van der Waals surface area (Å²) in [4.78, 5) is 17.2. The van der Waals surface area contributed by atoms with E-state index in [2.05, 4.69) is 29.8 Å². The number of rotatable bonds is 6. The Balaban J connectivity index is 1.40. The highest BCUT2D eigenvalue weighted by Gasteiger charge is 2.25. The first-order valence-electron chi connectivity index (χ1n) is 13.6. The Labute approximate surface area is 217 Å². The van der Waals surface area contributed by atoms with Gasteiger partial charge in [0.1, 0.15) is 11.4 Å². The molecule has 2 aliphatic rings. The molecule has 6 rings (SSSR count). The number of ether oxygens (including phenoxy) is 1. The summed E-state index contributed by atoms with van der Waals surface area (Å²) in [6, 6.07) is 13.8. The van der Waals surface area contributed by atoms with Crippen LogP contribution in [0.3, 0.4) is 0 Å². The van der Waals surface area contributed by atoms with Crippen LogP contribution in [-0.4, -0.2) is 37.1 Å². The van der Waals surface area contributed by atoms with E-state index in [-0.39, 0.29) is 5.97 Å². The van der Waals surface area contributed by atoms with Gasteiger partial charge in [-0.3, -0.25) is 4.68 Å². The van der Waals surface area contributed by atoms with Crippen LogP contribution in [0.15, 0.2) is 42.5 Å². The van der Waals surface area contributed by atoms with Gasteiger partial charge in [-0.1, -0.05) is 6.07 Å². The summed E-state index contributed by atoms with van der Waals surface area (Å²) in [7, 11) is 0. The second-order valence-electron chi connectivity index (χ2n) is 9.86. The van der Waals surface area contributed by atoms with Crippen molar-refractivity contribution in [3.63, 3.8) is 0 Å². The molecular formula is C30H33N5O2. The van der Waals surface area contributed by atoms with Crippen molar-refractivity contribution >= 4 is 5.97 Å². The van der Waals surface area contributed by atoms with Crippen molar-refractivity contribution in [1.82, 2.24) is 24.5 Å². The Morgan fingerprint density at radius 2 is 1.43 bits per heavy atom. The third-order valence-electron chi connectivity index (χ3n) is 7.59. The molecule has 0 N–H and O–H groups in total. The predicted octanol–water partition coefficient (Wildman–Crippen LogP) is 5.75. The largest absolute Gasteiger partial charge is 0.462 e. The molecule has 0 spiro atoms. The number of pyridine rings is 1. The molecule has 0 saturated carbocycles. The Bertz CT molecular complexity index is 1450. The molecular weight excluding hydrogens is 462 g/mol. The van der Waals surface area contributed by atoms with Gasteiger partial charge in [-0.15, -0.1) is 0 Å². The zero-order chi connectivity index (χ0) is 25.4. The van der Waals surface area contributed by atoms with Gasteiger partial charge < -0.3 is 4.74 Å². The molecule has 2 aliphatic carbocycles. The fraction of sp³-hybridized carbons (Fsp3) is 0.400. The number of fused-ring (bicyclic) bond motifs is 2. The maximum absolute atomic E-state index is 12.1. The quantitative estimate of drug-likeness (QED) is 0.318.